The molecule has 3 amide bonds. The van der Waals surface area contributed by atoms with Crippen molar-refractivity contribution in [2.75, 3.05) is 11.9 Å². The largest absolute Gasteiger partial charge is 0.338 e. The average molecular weight is 290 g/mol. The first-order valence-electron chi connectivity index (χ1n) is 6.76. The van der Waals surface area contributed by atoms with Crippen molar-refractivity contribution < 1.29 is 9.59 Å². The summed E-state index contributed by atoms with van der Waals surface area (Å²) in [6, 6.07) is 4.99. The van der Waals surface area contributed by atoms with Gasteiger partial charge >= 0.3 is 6.03 Å². The Kier molecular flexibility index (Phi) is 8.01. The van der Waals surface area contributed by atoms with Crippen molar-refractivity contribution in [2.45, 2.75) is 32.1 Å². The van der Waals surface area contributed by atoms with Crippen molar-refractivity contribution in [3.63, 3.8) is 0 Å². The molecule has 8 heteroatoms. The quantitative estimate of drug-likeness (QED) is 0.331. The Morgan fingerprint density at radius 2 is 2.05 bits per heavy atom. The Morgan fingerprint density at radius 3 is 2.76 bits per heavy atom. The zero-order valence-corrected chi connectivity index (χ0v) is 11.7. The van der Waals surface area contributed by atoms with E-state index in [0.29, 0.717) is 18.8 Å². The normalized spacial score (nSPS) is 9.52. The predicted molar refractivity (Wildman–Crippen MR) is 78.5 cm³/mol. The number of rotatable bonds is 8. The van der Waals surface area contributed by atoms with Gasteiger partial charge in [-0.3, -0.25) is 10.1 Å². The van der Waals surface area contributed by atoms with Gasteiger partial charge in [0.05, 0.1) is 0 Å². The number of aromatic nitrogens is 1. The van der Waals surface area contributed by atoms with Crippen LogP contribution in [0.25, 0.3) is 10.4 Å². The van der Waals surface area contributed by atoms with Gasteiger partial charge in [0.25, 0.3) is 0 Å². The summed E-state index contributed by atoms with van der Waals surface area (Å²) in [5.41, 5.74) is 8.05. The van der Waals surface area contributed by atoms with Crippen LogP contribution in [0.15, 0.2) is 29.5 Å². The summed E-state index contributed by atoms with van der Waals surface area (Å²) in [6.07, 6.45) is 5.15. The molecule has 2 N–H and O–H groups in total. The number of hydrogen-bond acceptors (Lipinski definition) is 3. The molecule has 0 aliphatic rings. The molecule has 0 fully saturated rings. The lowest BCUT2D eigenvalue weighted by Crippen LogP contribution is -2.29. The van der Waals surface area contributed by atoms with Crippen LogP contribution in [0.3, 0.4) is 0 Å². The minimum absolute atomic E-state index is 0.275. The standard InChI is InChI=1S/C13H18N6O2/c14-19-18-12(20)8-3-1-2-5-10-16-13(21)17-11-7-4-6-9-15-11/h4,6-7,9H,1-3,5,8,10H2,(H2,15,16,17,21). The zero-order chi connectivity index (χ0) is 15.3. The number of nitrogens with zero attached hydrogens (tertiary/aromatic N) is 4. The summed E-state index contributed by atoms with van der Waals surface area (Å²) in [5.74, 6) is 0.0805. The van der Waals surface area contributed by atoms with Gasteiger partial charge in [0.2, 0.25) is 5.91 Å². The predicted octanol–water partition coefficient (Wildman–Crippen LogP) is 2.99. The van der Waals surface area contributed by atoms with Gasteiger partial charge in [0, 0.05) is 24.1 Å². The third-order valence-corrected chi connectivity index (χ3v) is 2.67. The Labute approximate surface area is 122 Å². The fraction of sp³-hybridized carbons (Fsp3) is 0.462. The fourth-order valence-electron chi connectivity index (χ4n) is 1.65. The molecule has 0 bridgehead atoms. The maximum atomic E-state index is 11.5. The molecule has 0 aromatic carbocycles. The lowest BCUT2D eigenvalue weighted by molar-refractivity contribution is -0.118. The second kappa shape index (κ2) is 10.2. The van der Waals surface area contributed by atoms with E-state index in [0.717, 1.165) is 19.3 Å². The highest BCUT2D eigenvalue weighted by Crippen LogP contribution is 2.04. The van der Waals surface area contributed by atoms with Gasteiger partial charge in [-0.15, -0.1) is 0 Å². The number of hydrogen-bond donors (Lipinski definition) is 2. The fourth-order valence-corrected chi connectivity index (χ4v) is 1.65. The summed E-state index contributed by atoms with van der Waals surface area (Å²) in [4.78, 5) is 28.8. The SMILES string of the molecule is [N-]=[N+]=NC(=O)CCCCCCNC(=O)Nc1ccccn1. The van der Waals surface area contributed by atoms with E-state index in [4.69, 9.17) is 5.53 Å². The maximum absolute atomic E-state index is 11.5. The average Bonchev–Trinajstić information content (AvgIpc) is 2.47. The van der Waals surface area contributed by atoms with Crippen LogP contribution in [0.4, 0.5) is 10.6 Å². The molecular weight excluding hydrogens is 272 g/mol. The number of carbonyl (C=O) groups is 2. The molecule has 1 aromatic heterocycles. The molecule has 0 saturated heterocycles. The molecule has 1 aromatic rings. The number of pyridine rings is 1. The van der Waals surface area contributed by atoms with Gasteiger partial charge in [-0.25, -0.2) is 9.78 Å². The van der Waals surface area contributed by atoms with E-state index in [1.54, 1.807) is 24.4 Å². The van der Waals surface area contributed by atoms with E-state index in [1.165, 1.54) is 0 Å². The van der Waals surface area contributed by atoms with Crippen molar-refractivity contribution in [1.29, 1.82) is 0 Å². The summed E-state index contributed by atoms with van der Waals surface area (Å²) in [7, 11) is 0. The Hall–Kier alpha value is -2.60. The van der Waals surface area contributed by atoms with E-state index >= 15 is 0 Å². The van der Waals surface area contributed by atoms with Crippen molar-refractivity contribution >= 4 is 17.8 Å². The number of urea groups is 1. The highest BCUT2D eigenvalue weighted by molar-refractivity contribution is 5.88. The van der Waals surface area contributed by atoms with Crippen LogP contribution in [0.2, 0.25) is 0 Å². The van der Waals surface area contributed by atoms with Crippen molar-refractivity contribution in [3.05, 3.63) is 34.8 Å². The lowest BCUT2D eigenvalue weighted by Gasteiger charge is -2.06. The smallest absolute Gasteiger partial charge is 0.320 e. The van der Waals surface area contributed by atoms with E-state index in [-0.39, 0.29) is 12.5 Å². The molecule has 0 radical (unpaired) electrons. The highest BCUT2D eigenvalue weighted by atomic mass is 16.2. The van der Waals surface area contributed by atoms with Crippen LogP contribution in [0, 0.1) is 0 Å². The van der Waals surface area contributed by atoms with E-state index in [2.05, 4.69) is 25.6 Å². The first-order valence-corrected chi connectivity index (χ1v) is 6.76. The topological polar surface area (TPSA) is 120 Å². The van der Waals surface area contributed by atoms with Crippen LogP contribution in [-0.4, -0.2) is 23.5 Å². The van der Waals surface area contributed by atoms with Crippen LogP contribution < -0.4 is 10.6 Å². The van der Waals surface area contributed by atoms with Crippen LogP contribution in [0.5, 0.6) is 0 Å². The second-order valence-corrected chi connectivity index (χ2v) is 4.34. The van der Waals surface area contributed by atoms with Crippen molar-refractivity contribution in [1.82, 2.24) is 10.3 Å². The van der Waals surface area contributed by atoms with Gasteiger partial charge in [-0.1, -0.05) is 18.9 Å². The molecular formula is C13H18N6O2. The molecule has 0 aliphatic carbocycles. The van der Waals surface area contributed by atoms with Crippen LogP contribution >= 0.6 is 0 Å². The minimum atomic E-state index is -0.426. The third-order valence-electron chi connectivity index (χ3n) is 2.67. The molecule has 0 spiro atoms. The molecule has 8 nitrogen and oxygen atoms in total. The molecule has 0 atom stereocenters. The summed E-state index contributed by atoms with van der Waals surface area (Å²) in [6.45, 7) is 0.558. The number of anilines is 1. The first kappa shape index (κ1) is 16.5. The molecule has 112 valence electrons. The number of carbonyl (C=O) groups excluding carboxylic acids is 2. The molecule has 21 heavy (non-hydrogen) atoms. The van der Waals surface area contributed by atoms with Crippen molar-refractivity contribution in [2.24, 2.45) is 5.11 Å². The first-order chi connectivity index (χ1) is 10.2. The van der Waals surface area contributed by atoms with E-state index in [1.807, 2.05) is 0 Å². The molecule has 0 aliphatic heterocycles. The molecule has 1 heterocycles. The summed E-state index contributed by atoms with van der Waals surface area (Å²) < 4.78 is 0. The van der Waals surface area contributed by atoms with Gasteiger partial charge in [-0.05, 0) is 35.6 Å². The van der Waals surface area contributed by atoms with Gasteiger partial charge in [0.15, 0.2) is 0 Å². The maximum Gasteiger partial charge on any atom is 0.320 e. The number of nitrogens with one attached hydrogen (secondary N) is 2. The van der Waals surface area contributed by atoms with Crippen LogP contribution in [0.1, 0.15) is 32.1 Å². The lowest BCUT2D eigenvalue weighted by atomic mass is 10.1. The second-order valence-electron chi connectivity index (χ2n) is 4.34. The minimum Gasteiger partial charge on any atom is -0.338 e. The third kappa shape index (κ3) is 8.22. The Bertz CT molecular complexity index is 499. The van der Waals surface area contributed by atoms with Crippen molar-refractivity contribution in [3.8, 4) is 0 Å². The van der Waals surface area contributed by atoms with E-state index in [9.17, 15) is 9.59 Å². The van der Waals surface area contributed by atoms with Gasteiger partial charge in [0.1, 0.15) is 5.82 Å². The zero-order valence-electron chi connectivity index (χ0n) is 11.7. The number of unbranched alkanes of at least 4 members (excludes halogenated alkanes) is 3. The number of amides is 3. The van der Waals surface area contributed by atoms with E-state index < -0.39 is 5.91 Å². The van der Waals surface area contributed by atoms with Gasteiger partial charge < -0.3 is 5.32 Å². The Morgan fingerprint density at radius 1 is 1.24 bits per heavy atom. The molecule has 1 rings (SSSR count). The monoisotopic (exact) mass is 290 g/mol. The molecule has 0 unspecified atom stereocenters. The number of azide groups is 1. The van der Waals surface area contributed by atoms with Crippen LogP contribution in [-0.2, 0) is 4.79 Å². The summed E-state index contributed by atoms with van der Waals surface area (Å²) >= 11 is 0. The highest BCUT2D eigenvalue weighted by Gasteiger charge is 2.01. The Balaban J connectivity index is 2.00. The summed E-state index contributed by atoms with van der Waals surface area (Å²) in [5, 5.41) is 8.34. The van der Waals surface area contributed by atoms with Gasteiger partial charge in [-0.2, -0.15) is 0 Å². The molecule has 0 saturated carbocycles.